The van der Waals surface area contributed by atoms with Crippen LogP contribution in [-0.2, 0) is 0 Å². The largest absolute Gasteiger partial charge is 0.248 e. The number of nitrogens with zero attached hydrogens (tertiary/aromatic N) is 1. The van der Waals surface area contributed by atoms with Crippen molar-refractivity contribution in [1.29, 1.82) is 0 Å². The average molecular weight is 243 g/mol. The molecule has 0 aliphatic heterocycles. The van der Waals surface area contributed by atoms with Crippen molar-refractivity contribution in [3.63, 3.8) is 0 Å². The van der Waals surface area contributed by atoms with Gasteiger partial charge in [0, 0.05) is 10.8 Å². The zero-order valence-corrected chi connectivity index (χ0v) is 10.7. The van der Waals surface area contributed by atoms with Gasteiger partial charge in [-0.25, -0.2) is 4.98 Å². The van der Waals surface area contributed by atoms with E-state index in [9.17, 15) is 0 Å². The van der Waals surface area contributed by atoms with Crippen molar-refractivity contribution in [3.8, 4) is 0 Å². The van der Waals surface area contributed by atoms with Crippen molar-refractivity contribution in [3.05, 3.63) is 66.2 Å². The van der Waals surface area contributed by atoms with E-state index >= 15 is 0 Å². The fourth-order valence-electron chi connectivity index (χ4n) is 2.76. The minimum atomic E-state index is 1.07. The Morgan fingerprint density at radius 2 is 1.53 bits per heavy atom. The molecule has 1 heteroatoms. The molecule has 0 aliphatic rings. The Balaban J connectivity index is 2.27. The van der Waals surface area contributed by atoms with E-state index in [0.29, 0.717) is 0 Å². The molecule has 1 heterocycles. The predicted octanol–water partition coefficient (Wildman–Crippen LogP) is 4.85. The highest BCUT2D eigenvalue weighted by molar-refractivity contribution is 6.09. The van der Waals surface area contributed by atoms with Crippen LogP contribution in [0, 0.1) is 6.92 Å². The molecule has 0 saturated heterocycles. The standard InChI is InChI=1S/C18H13N/c1-12-5-4-8-17-15(12)11-16-14-7-3-2-6-13(14)9-10-18(16)19-17/h2-11H,1H3. The van der Waals surface area contributed by atoms with Gasteiger partial charge in [0.2, 0.25) is 0 Å². The number of aromatic nitrogens is 1. The van der Waals surface area contributed by atoms with E-state index in [4.69, 9.17) is 4.98 Å². The normalized spacial score (nSPS) is 11.4. The Morgan fingerprint density at radius 1 is 0.684 bits per heavy atom. The summed E-state index contributed by atoms with van der Waals surface area (Å²) in [6.45, 7) is 2.14. The lowest BCUT2D eigenvalue weighted by atomic mass is 10.0. The highest BCUT2D eigenvalue weighted by atomic mass is 14.7. The smallest absolute Gasteiger partial charge is 0.0716 e. The first-order valence-corrected chi connectivity index (χ1v) is 6.51. The number of hydrogen-bond donors (Lipinski definition) is 0. The molecule has 1 nitrogen and oxygen atoms in total. The van der Waals surface area contributed by atoms with Crippen LogP contribution in [0.5, 0.6) is 0 Å². The lowest BCUT2D eigenvalue weighted by Gasteiger charge is -2.07. The third kappa shape index (κ3) is 1.52. The Labute approximate surface area is 111 Å². The number of hydrogen-bond acceptors (Lipinski definition) is 1. The molecular formula is C18H13N. The zero-order valence-electron chi connectivity index (χ0n) is 10.7. The van der Waals surface area contributed by atoms with Crippen LogP contribution in [0.3, 0.4) is 0 Å². The zero-order chi connectivity index (χ0) is 12.8. The van der Waals surface area contributed by atoms with Crippen molar-refractivity contribution >= 4 is 32.6 Å². The van der Waals surface area contributed by atoms with Gasteiger partial charge in [0.15, 0.2) is 0 Å². The Bertz CT molecular complexity index is 922. The first kappa shape index (κ1) is 10.5. The van der Waals surface area contributed by atoms with Crippen LogP contribution in [0.15, 0.2) is 60.7 Å². The summed E-state index contributed by atoms with van der Waals surface area (Å²) in [6.07, 6.45) is 0. The molecule has 0 atom stereocenters. The van der Waals surface area contributed by atoms with E-state index in [2.05, 4.69) is 67.6 Å². The van der Waals surface area contributed by atoms with E-state index in [-0.39, 0.29) is 0 Å². The van der Waals surface area contributed by atoms with Gasteiger partial charge in [0.25, 0.3) is 0 Å². The first-order valence-electron chi connectivity index (χ1n) is 6.51. The predicted molar refractivity (Wildman–Crippen MR) is 81.5 cm³/mol. The molecule has 0 saturated carbocycles. The second kappa shape index (κ2) is 3.79. The second-order valence-electron chi connectivity index (χ2n) is 4.98. The molecule has 0 N–H and O–H groups in total. The summed E-state index contributed by atoms with van der Waals surface area (Å²) in [5.74, 6) is 0. The van der Waals surface area contributed by atoms with Crippen molar-refractivity contribution in [2.45, 2.75) is 6.92 Å². The van der Waals surface area contributed by atoms with Crippen molar-refractivity contribution in [2.75, 3.05) is 0 Å². The fourth-order valence-corrected chi connectivity index (χ4v) is 2.76. The summed E-state index contributed by atoms with van der Waals surface area (Å²) in [4.78, 5) is 4.79. The van der Waals surface area contributed by atoms with Crippen LogP contribution < -0.4 is 0 Å². The molecule has 1 aromatic heterocycles. The third-order valence-corrected chi connectivity index (χ3v) is 3.78. The van der Waals surface area contributed by atoms with E-state index < -0.39 is 0 Å². The minimum Gasteiger partial charge on any atom is -0.248 e. The van der Waals surface area contributed by atoms with Crippen LogP contribution >= 0.6 is 0 Å². The van der Waals surface area contributed by atoms with Gasteiger partial charge in [-0.05, 0) is 41.5 Å². The highest BCUT2D eigenvalue weighted by Gasteiger charge is 2.04. The molecule has 4 rings (SSSR count). The maximum Gasteiger partial charge on any atom is 0.0716 e. The van der Waals surface area contributed by atoms with Gasteiger partial charge >= 0.3 is 0 Å². The van der Waals surface area contributed by atoms with Gasteiger partial charge in [0.05, 0.1) is 11.0 Å². The number of rotatable bonds is 0. The quantitative estimate of drug-likeness (QED) is 0.318. The summed E-state index contributed by atoms with van der Waals surface area (Å²) >= 11 is 0. The van der Waals surface area contributed by atoms with E-state index in [1.165, 1.54) is 27.1 Å². The van der Waals surface area contributed by atoms with Crippen LogP contribution in [-0.4, -0.2) is 4.98 Å². The van der Waals surface area contributed by atoms with Gasteiger partial charge < -0.3 is 0 Å². The summed E-state index contributed by atoms with van der Waals surface area (Å²) in [7, 11) is 0. The molecule has 0 spiro atoms. The monoisotopic (exact) mass is 243 g/mol. The highest BCUT2D eigenvalue weighted by Crippen LogP contribution is 2.28. The van der Waals surface area contributed by atoms with Gasteiger partial charge in [-0.1, -0.05) is 42.5 Å². The molecular weight excluding hydrogens is 230 g/mol. The summed E-state index contributed by atoms with van der Waals surface area (Å²) in [5, 5.41) is 5.02. The SMILES string of the molecule is Cc1cccc2nc3ccc4ccccc4c3cc12. The van der Waals surface area contributed by atoms with Gasteiger partial charge in [-0.15, -0.1) is 0 Å². The average Bonchev–Trinajstić information content (AvgIpc) is 2.46. The van der Waals surface area contributed by atoms with Crippen LogP contribution in [0.4, 0.5) is 0 Å². The van der Waals surface area contributed by atoms with Crippen molar-refractivity contribution < 1.29 is 0 Å². The summed E-state index contributed by atoms with van der Waals surface area (Å²) in [5.41, 5.74) is 3.42. The van der Waals surface area contributed by atoms with Crippen molar-refractivity contribution in [1.82, 2.24) is 4.98 Å². The summed E-state index contributed by atoms with van der Waals surface area (Å²) in [6, 6.07) is 21.3. The van der Waals surface area contributed by atoms with Crippen LogP contribution in [0.1, 0.15) is 5.56 Å². The maximum absolute atomic E-state index is 4.79. The Morgan fingerprint density at radius 3 is 2.47 bits per heavy atom. The molecule has 0 amide bonds. The molecule has 0 fully saturated rings. The molecule has 3 aromatic carbocycles. The molecule has 19 heavy (non-hydrogen) atoms. The van der Waals surface area contributed by atoms with E-state index in [0.717, 1.165) is 11.0 Å². The lowest BCUT2D eigenvalue weighted by Crippen LogP contribution is -1.86. The fraction of sp³-hybridized carbons (Fsp3) is 0.0556. The van der Waals surface area contributed by atoms with Crippen molar-refractivity contribution in [2.24, 2.45) is 0 Å². The van der Waals surface area contributed by atoms with Gasteiger partial charge in [0.1, 0.15) is 0 Å². The lowest BCUT2D eigenvalue weighted by molar-refractivity contribution is 1.46. The second-order valence-corrected chi connectivity index (χ2v) is 4.98. The van der Waals surface area contributed by atoms with E-state index in [1.807, 2.05) is 0 Å². The Kier molecular flexibility index (Phi) is 2.10. The first-order chi connectivity index (χ1) is 9.33. The number of fused-ring (bicyclic) bond motifs is 4. The van der Waals surface area contributed by atoms with E-state index in [1.54, 1.807) is 0 Å². The maximum atomic E-state index is 4.79. The van der Waals surface area contributed by atoms with Gasteiger partial charge in [-0.3, -0.25) is 0 Å². The van der Waals surface area contributed by atoms with Crippen LogP contribution in [0.25, 0.3) is 32.6 Å². The molecule has 0 unspecified atom stereocenters. The number of aryl methyl sites for hydroxylation is 1. The molecule has 0 bridgehead atoms. The Hall–Kier alpha value is -2.41. The molecule has 0 radical (unpaired) electrons. The molecule has 0 aliphatic carbocycles. The molecule has 4 aromatic rings. The van der Waals surface area contributed by atoms with Crippen LogP contribution in [0.2, 0.25) is 0 Å². The number of benzene rings is 3. The minimum absolute atomic E-state index is 1.07. The third-order valence-electron chi connectivity index (χ3n) is 3.78. The summed E-state index contributed by atoms with van der Waals surface area (Å²) < 4.78 is 0. The molecule has 90 valence electrons. The topological polar surface area (TPSA) is 12.9 Å². The number of pyridine rings is 1. The van der Waals surface area contributed by atoms with Gasteiger partial charge in [-0.2, -0.15) is 0 Å².